The van der Waals surface area contributed by atoms with Crippen LogP contribution in [-0.4, -0.2) is 17.6 Å². The van der Waals surface area contributed by atoms with Gasteiger partial charge in [-0.15, -0.1) is 0 Å². The molecule has 2 aromatic carbocycles. The van der Waals surface area contributed by atoms with E-state index in [1.807, 2.05) is 19.1 Å². The molecule has 0 radical (unpaired) electrons. The van der Waals surface area contributed by atoms with Crippen LogP contribution >= 0.6 is 11.8 Å². The van der Waals surface area contributed by atoms with Crippen molar-refractivity contribution in [3.05, 3.63) is 106 Å². The number of amides is 2. The van der Waals surface area contributed by atoms with Gasteiger partial charge in [-0.3, -0.25) is 9.59 Å². The fourth-order valence-corrected chi connectivity index (χ4v) is 5.09. The van der Waals surface area contributed by atoms with Crippen LogP contribution in [0.25, 0.3) is 0 Å². The Morgan fingerprint density at radius 1 is 1.07 bits per heavy atom. The molecule has 0 bridgehead atoms. The van der Waals surface area contributed by atoms with Crippen LogP contribution in [0.2, 0.25) is 0 Å². The van der Waals surface area contributed by atoms with E-state index >= 15 is 0 Å². The number of nitrogens with zero attached hydrogens (tertiary/aromatic N) is 1. The molecular weight excluding hydrogens is 541 g/mol. The molecule has 1 aliphatic heterocycles. The van der Waals surface area contributed by atoms with E-state index in [2.05, 4.69) is 22.0 Å². The first kappa shape index (κ1) is 28.6. The summed E-state index contributed by atoms with van der Waals surface area (Å²) in [5.74, 6) is -1.66. The maximum atomic E-state index is 13.4. The van der Waals surface area contributed by atoms with E-state index in [1.54, 1.807) is 31.2 Å². The van der Waals surface area contributed by atoms with E-state index in [-0.39, 0.29) is 22.6 Å². The fourth-order valence-electron chi connectivity index (χ4n) is 4.20. The standard InChI is InChI=1S/C29H25F3N4O3S/c1-3-18-9-11-20(12-10-18)36-27(38)25-17(2)34-28(22(15-33)26(25)23-8-5-13-39-23)40-16-24(37)35-21-7-4-6-19(14-21)29(30,31)32/h4-14,26,34H,3,16H2,1-2H3,(H,35,37)(H,36,38)/t26-/m1/s1. The second-order valence-corrected chi connectivity index (χ2v) is 9.87. The van der Waals surface area contributed by atoms with Crippen molar-refractivity contribution in [2.75, 3.05) is 16.4 Å². The van der Waals surface area contributed by atoms with E-state index in [4.69, 9.17) is 4.42 Å². The highest BCUT2D eigenvalue weighted by Crippen LogP contribution is 2.41. The number of hydrogen-bond donors (Lipinski definition) is 3. The molecule has 2 heterocycles. The van der Waals surface area contributed by atoms with Crippen LogP contribution in [0.1, 0.15) is 36.7 Å². The lowest BCUT2D eigenvalue weighted by atomic mass is 9.85. The van der Waals surface area contributed by atoms with Crippen molar-refractivity contribution in [2.24, 2.45) is 0 Å². The van der Waals surface area contributed by atoms with Crippen molar-refractivity contribution in [1.82, 2.24) is 5.32 Å². The summed E-state index contributed by atoms with van der Waals surface area (Å²) in [6, 6.07) is 17.2. The second kappa shape index (κ2) is 12.2. The van der Waals surface area contributed by atoms with Gasteiger partial charge in [0.15, 0.2) is 0 Å². The lowest BCUT2D eigenvalue weighted by Crippen LogP contribution is -2.31. The van der Waals surface area contributed by atoms with Crippen molar-refractivity contribution in [1.29, 1.82) is 5.26 Å². The average molecular weight is 567 g/mol. The van der Waals surface area contributed by atoms with E-state index in [9.17, 15) is 28.0 Å². The average Bonchev–Trinajstić information content (AvgIpc) is 3.46. The number of furan rings is 1. The Hall–Kier alpha value is -4.43. The summed E-state index contributed by atoms with van der Waals surface area (Å²) in [6.45, 7) is 3.71. The minimum atomic E-state index is -4.54. The molecule has 0 fully saturated rings. The van der Waals surface area contributed by atoms with Gasteiger partial charge < -0.3 is 20.4 Å². The van der Waals surface area contributed by atoms with Crippen LogP contribution in [0.4, 0.5) is 24.5 Å². The fraction of sp³-hybridized carbons (Fsp3) is 0.207. The lowest BCUT2D eigenvalue weighted by molar-refractivity contribution is -0.137. The molecule has 1 aromatic heterocycles. The zero-order valence-corrected chi connectivity index (χ0v) is 22.4. The van der Waals surface area contributed by atoms with Gasteiger partial charge in [0.2, 0.25) is 5.91 Å². The number of carbonyl (C=O) groups excluding carboxylic acids is 2. The van der Waals surface area contributed by atoms with Crippen LogP contribution in [0.15, 0.2) is 93.2 Å². The van der Waals surface area contributed by atoms with Crippen molar-refractivity contribution < 1.29 is 27.2 Å². The van der Waals surface area contributed by atoms with Crippen LogP contribution in [0.5, 0.6) is 0 Å². The third kappa shape index (κ3) is 6.58. The van der Waals surface area contributed by atoms with Gasteiger partial charge in [0.1, 0.15) is 5.76 Å². The molecule has 4 rings (SSSR count). The number of anilines is 2. The maximum absolute atomic E-state index is 13.4. The number of benzene rings is 2. The zero-order chi connectivity index (χ0) is 28.9. The minimum Gasteiger partial charge on any atom is -0.468 e. The summed E-state index contributed by atoms with van der Waals surface area (Å²) in [5, 5.41) is 18.8. The molecule has 40 heavy (non-hydrogen) atoms. The Morgan fingerprint density at radius 3 is 2.45 bits per heavy atom. The van der Waals surface area contributed by atoms with Crippen LogP contribution in [0.3, 0.4) is 0 Å². The van der Waals surface area contributed by atoms with Gasteiger partial charge in [-0.1, -0.05) is 36.9 Å². The second-order valence-electron chi connectivity index (χ2n) is 8.89. The number of rotatable bonds is 8. The summed E-state index contributed by atoms with van der Waals surface area (Å²) in [6.07, 6.45) is -2.24. The number of alkyl halides is 3. The monoisotopic (exact) mass is 566 g/mol. The number of aryl methyl sites for hydroxylation is 1. The molecule has 11 heteroatoms. The molecule has 0 aliphatic carbocycles. The third-order valence-electron chi connectivity index (χ3n) is 6.16. The first-order chi connectivity index (χ1) is 19.1. The molecule has 0 unspecified atom stereocenters. The van der Waals surface area contributed by atoms with Gasteiger partial charge in [0, 0.05) is 17.1 Å². The summed E-state index contributed by atoms with van der Waals surface area (Å²) < 4.78 is 44.6. The summed E-state index contributed by atoms with van der Waals surface area (Å²) in [7, 11) is 0. The van der Waals surface area contributed by atoms with Gasteiger partial charge in [0.25, 0.3) is 5.91 Å². The number of halogens is 3. The Kier molecular flexibility index (Phi) is 8.70. The highest BCUT2D eigenvalue weighted by Gasteiger charge is 2.36. The molecule has 0 spiro atoms. The molecule has 7 nitrogen and oxygen atoms in total. The molecular formula is C29H25F3N4O3S. The van der Waals surface area contributed by atoms with E-state index in [0.717, 1.165) is 35.9 Å². The topological polar surface area (TPSA) is 107 Å². The number of nitriles is 1. The highest BCUT2D eigenvalue weighted by molar-refractivity contribution is 8.03. The summed E-state index contributed by atoms with van der Waals surface area (Å²) in [5.41, 5.74) is 1.75. The van der Waals surface area contributed by atoms with Gasteiger partial charge in [0.05, 0.1) is 45.7 Å². The lowest BCUT2D eigenvalue weighted by Gasteiger charge is -2.28. The van der Waals surface area contributed by atoms with Gasteiger partial charge in [-0.05, 0) is 61.4 Å². The third-order valence-corrected chi connectivity index (χ3v) is 7.18. The molecule has 0 saturated heterocycles. The maximum Gasteiger partial charge on any atom is 0.416 e. The van der Waals surface area contributed by atoms with Crippen molar-refractivity contribution in [3.63, 3.8) is 0 Å². The molecule has 1 atom stereocenters. The Balaban J connectivity index is 1.54. The Labute approximate surface area is 233 Å². The number of carbonyl (C=O) groups is 2. The van der Waals surface area contributed by atoms with Crippen molar-refractivity contribution >= 4 is 35.0 Å². The molecule has 3 N–H and O–H groups in total. The van der Waals surface area contributed by atoms with Gasteiger partial charge in [-0.2, -0.15) is 18.4 Å². The SMILES string of the molecule is CCc1ccc(NC(=O)C2=C(C)NC(SCC(=O)Nc3cccc(C(F)(F)F)c3)=C(C#N)[C@@H]2c2ccco2)cc1. The predicted molar refractivity (Wildman–Crippen MR) is 147 cm³/mol. The number of allylic oxidation sites excluding steroid dienone is 2. The number of dihydropyridines is 1. The first-order valence-electron chi connectivity index (χ1n) is 12.3. The summed E-state index contributed by atoms with van der Waals surface area (Å²) in [4.78, 5) is 26.0. The molecule has 1 aliphatic rings. The van der Waals surface area contributed by atoms with Crippen LogP contribution < -0.4 is 16.0 Å². The minimum absolute atomic E-state index is 0.00183. The first-order valence-corrected chi connectivity index (χ1v) is 13.2. The zero-order valence-electron chi connectivity index (χ0n) is 21.6. The number of thioether (sulfide) groups is 1. The van der Waals surface area contributed by atoms with E-state index in [0.29, 0.717) is 22.2 Å². The van der Waals surface area contributed by atoms with Crippen LogP contribution in [-0.2, 0) is 22.2 Å². The molecule has 3 aromatic rings. The Morgan fingerprint density at radius 2 is 1.82 bits per heavy atom. The smallest absolute Gasteiger partial charge is 0.416 e. The van der Waals surface area contributed by atoms with Crippen molar-refractivity contribution in [3.8, 4) is 6.07 Å². The van der Waals surface area contributed by atoms with Crippen LogP contribution in [0, 0.1) is 11.3 Å². The number of hydrogen-bond acceptors (Lipinski definition) is 6. The largest absolute Gasteiger partial charge is 0.468 e. The molecule has 0 saturated carbocycles. The predicted octanol–water partition coefficient (Wildman–Crippen LogP) is 6.57. The molecule has 206 valence electrons. The van der Waals surface area contributed by atoms with Crippen molar-refractivity contribution in [2.45, 2.75) is 32.4 Å². The van der Waals surface area contributed by atoms with Gasteiger partial charge >= 0.3 is 6.18 Å². The highest BCUT2D eigenvalue weighted by atomic mass is 32.2. The van der Waals surface area contributed by atoms with E-state index < -0.39 is 29.5 Å². The quantitative estimate of drug-likeness (QED) is 0.285. The Bertz CT molecular complexity index is 1500. The summed E-state index contributed by atoms with van der Waals surface area (Å²) >= 11 is 0.998. The number of nitrogens with one attached hydrogen (secondary N) is 3. The molecule has 2 amide bonds. The van der Waals surface area contributed by atoms with E-state index in [1.165, 1.54) is 18.4 Å². The van der Waals surface area contributed by atoms with Gasteiger partial charge in [-0.25, -0.2) is 0 Å². The normalized spacial score (nSPS) is 15.3.